The van der Waals surface area contributed by atoms with Gasteiger partial charge in [0.05, 0.1) is 0 Å². The Balaban J connectivity index is 2.77. The Morgan fingerprint density at radius 3 is 2.64 bits per heavy atom. The standard InChI is InChI=1S/C9H13NO3S/c1-3-9(14(2,11)12)13-8-6-4-5-7-10-8/h4-7,9H,3H2,1-2H3. The van der Waals surface area contributed by atoms with Gasteiger partial charge in [-0.05, 0) is 12.5 Å². The molecule has 1 rings (SSSR count). The van der Waals surface area contributed by atoms with E-state index < -0.39 is 15.3 Å². The third kappa shape index (κ3) is 2.99. The van der Waals surface area contributed by atoms with Crippen LogP contribution in [0, 0.1) is 0 Å². The second kappa shape index (κ2) is 4.41. The van der Waals surface area contributed by atoms with Crippen LogP contribution in [0.3, 0.4) is 0 Å². The molecule has 0 spiro atoms. The molecular formula is C9H13NO3S. The van der Waals surface area contributed by atoms with E-state index in [0.717, 1.165) is 6.26 Å². The molecule has 0 fully saturated rings. The third-order valence-electron chi connectivity index (χ3n) is 1.70. The number of sulfone groups is 1. The van der Waals surface area contributed by atoms with Crippen LogP contribution >= 0.6 is 0 Å². The molecule has 0 aliphatic rings. The van der Waals surface area contributed by atoms with E-state index in [0.29, 0.717) is 12.3 Å². The fraction of sp³-hybridized carbons (Fsp3) is 0.444. The van der Waals surface area contributed by atoms with Crippen LogP contribution in [-0.2, 0) is 9.84 Å². The average Bonchev–Trinajstić information content (AvgIpc) is 2.14. The van der Waals surface area contributed by atoms with Gasteiger partial charge < -0.3 is 4.74 Å². The Bertz CT molecular complexity index is 374. The van der Waals surface area contributed by atoms with Crippen molar-refractivity contribution in [3.8, 4) is 5.88 Å². The minimum absolute atomic E-state index is 0.338. The van der Waals surface area contributed by atoms with Crippen molar-refractivity contribution in [1.29, 1.82) is 0 Å². The fourth-order valence-corrected chi connectivity index (χ4v) is 1.90. The first-order chi connectivity index (χ1) is 6.54. The summed E-state index contributed by atoms with van der Waals surface area (Å²) in [5.41, 5.74) is -0.808. The minimum Gasteiger partial charge on any atom is -0.458 e. The van der Waals surface area contributed by atoms with Crippen LogP contribution in [0.5, 0.6) is 5.88 Å². The zero-order valence-electron chi connectivity index (χ0n) is 8.17. The van der Waals surface area contributed by atoms with Crippen molar-refractivity contribution >= 4 is 9.84 Å². The van der Waals surface area contributed by atoms with Crippen LogP contribution in [-0.4, -0.2) is 25.1 Å². The molecule has 0 radical (unpaired) electrons. The lowest BCUT2D eigenvalue weighted by Gasteiger charge is -2.14. The van der Waals surface area contributed by atoms with E-state index >= 15 is 0 Å². The van der Waals surface area contributed by atoms with E-state index in [-0.39, 0.29) is 0 Å². The van der Waals surface area contributed by atoms with Crippen LogP contribution in [0.15, 0.2) is 24.4 Å². The smallest absolute Gasteiger partial charge is 0.214 e. The summed E-state index contributed by atoms with van der Waals surface area (Å²) >= 11 is 0. The van der Waals surface area contributed by atoms with Gasteiger partial charge in [-0.2, -0.15) is 0 Å². The Hall–Kier alpha value is -1.10. The summed E-state index contributed by atoms with van der Waals surface area (Å²) in [6.45, 7) is 1.76. The molecule has 0 N–H and O–H groups in total. The van der Waals surface area contributed by atoms with Gasteiger partial charge in [-0.25, -0.2) is 13.4 Å². The maximum absolute atomic E-state index is 11.2. The number of ether oxygens (including phenoxy) is 1. The molecule has 1 aromatic rings. The predicted molar refractivity (Wildman–Crippen MR) is 53.8 cm³/mol. The van der Waals surface area contributed by atoms with E-state index in [1.165, 1.54) is 0 Å². The highest BCUT2D eigenvalue weighted by Gasteiger charge is 2.20. The summed E-state index contributed by atoms with van der Waals surface area (Å²) in [7, 11) is -3.18. The van der Waals surface area contributed by atoms with E-state index in [1.807, 2.05) is 0 Å². The second-order valence-electron chi connectivity index (χ2n) is 2.95. The van der Waals surface area contributed by atoms with Crippen LogP contribution in [0.25, 0.3) is 0 Å². The molecule has 1 aromatic heterocycles. The predicted octanol–water partition coefficient (Wildman–Crippen LogP) is 1.24. The molecule has 0 aromatic carbocycles. The molecule has 0 aliphatic carbocycles. The van der Waals surface area contributed by atoms with Gasteiger partial charge in [0.15, 0.2) is 15.3 Å². The van der Waals surface area contributed by atoms with Crippen molar-refractivity contribution in [2.75, 3.05) is 6.26 Å². The lowest BCUT2D eigenvalue weighted by atomic mass is 10.5. The Kier molecular flexibility index (Phi) is 3.46. The van der Waals surface area contributed by atoms with E-state index in [1.54, 1.807) is 31.3 Å². The number of aromatic nitrogens is 1. The van der Waals surface area contributed by atoms with Gasteiger partial charge in [0.25, 0.3) is 0 Å². The zero-order chi connectivity index (χ0) is 10.6. The van der Waals surface area contributed by atoms with Crippen molar-refractivity contribution in [2.45, 2.75) is 18.8 Å². The molecule has 0 aliphatic heterocycles. The lowest BCUT2D eigenvalue weighted by molar-refractivity contribution is 0.260. The summed E-state index contributed by atoms with van der Waals surface area (Å²) in [6.07, 6.45) is 3.13. The van der Waals surface area contributed by atoms with Gasteiger partial charge >= 0.3 is 0 Å². The van der Waals surface area contributed by atoms with Gasteiger partial charge in [0, 0.05) is 18.5 Å². The topological polar surface area (TPSA) is 56.3 Å². The highest BCUT2D eigenvalue weighted by molar-refractivity contribution is 7.91. The molecule has 0 saturated heterocycles. The number of hydrogen-bond donors (Lipinski definition) is 0. The van der Waals surface area contributed by atoms with Gasteiger partial charge in [-0.3, -0.25) is 0 Å². The van der Waals surface area contributed by atoms with Crippen LogP contribution < -0.4 is 4.74 Å². The molecule has 0 bridgehead atoms. The van der Waals surface area contributed by atoms with Gasteiger partial charge in [-0.15, -0.1) is 0 Å². The molecular weight excluding hydrogens is 202 g/mol. The molecule has 78 valence electrons. The number of pyridine rings is 1. The van der Waals surface area contributed by atoms with Gasteiger partial charge in [0.2, 0.25) is 5.88 Å². The summed E-state index contributed by atoms with van der Waals surface area (Å²) < 4.78 is 27.7. The molecule has 14 heavy (non-hydrogen) atoms. The lowest BCUT2D eigenvalue weighted by Crippen LogP contribution is -2.25. The van der Waals surface area contributed by atoms with Crippen molar-refractivity contribution in [2.24, 2.45) is 0 Å². The Morgan fingerprint density at radius 2 is 2.21 bits per heavy atom. The Morgan fingerprint density at radius 1 is 1.50 bits per heavy atom. The quantitative estimate of drug-likeness (QED) is 0.758. The molecule has 4 nitrogen and oxygen atoms in total. The van der Waals surface area contributed by atoms with Crippen molar-refractivity contribution in [3.63, 3.8) is 0 Å². The highest BCUT2D eigenvalue weighted by Crippen LogP contribution is 2.12. The highest BCUT2D eigenvalue weighted by atomic mass is 32.2. The maximum atomic E-state index is 11.2. The molecule has 0 amide bonds. The SMILES string of the molecule is CCC(Oc1ccccn1)S(C)(=O)=O. The Labute approximate surface area is 83.8 Å². The van der Waals surface area contributed by atoms with Crippen LogP contribution in [0.1, 0.15) is 13.3 Å². The zero-order valence-corrected chi connectivity index (χ0v) is 8.99. The van der Waals surface area contributed by atoms with Gasteiger partial charge in [-0.1, -0.05) is 13.0 Å². The minimum atomic E-state index is -3.18. The summed E-state index contributed by atoms with van der Waals surface area (Å²) in [4.78, 5) is 3.89. The van der Waals surface area contributed by atoms with E-state index in [4.69, 9.17) is 4.74 Å². The van der Waals surface area contributed by atoms with Gasteiger partial charge in [0.1, 0.15) is 0 Å². The second-order valence-corrected chi connectivity index (χ2v) is 5.14. The fourth-order valence-electron chi connectivity index (χ4n) is 1.02. The van der Waals surface area contributed by atoms with Crippen molar-refractivity contribution in [1.82, 2.24) is 4.98 Å². The number of hydrogen-bond acceptors (Lipinski definition) is 4. The third-order valence-corrected chi connectivity index (χ3v) is 3.09. The average molecular weight is 215 g/mol. The molecule has 5 heteroatoms. The van der Waals surface area contributed by atoms with Crippen molar-refractivity contribution in [3.05, 3.63) is 24.4 Å². The first kappa shape index (κ1) is 11.0. The first-order valence-electron chi connectivity index (χ1n) is 4.30. The normalized spacial score (nSPS) is 13.6. The summed E-state index contributed by atoms with van der Waals surface area (Å²) in [5, 5.41) is 0. The van der Waals surface area contributed by atoms with E-state index in [2.05, 4.69) is 4.98 Å². The monoisotopic (exact) mass is 215 g/mol. The largest absolute Gasteiger partial charge is 0.458 e. The van der Waals surface area contributed by atoms with Crippen LogP contribution in [0.2, 0.25) is 0 Å². The maximum Gasteiger partial charge on any atom is 0.214 e. The van der Waals surface area contributed by atoms with Crippen molar-refractivity contribution < 1.29 is 13.2 Å². The summed E-state index contributed by atoms with van der Waals surface area (Å²) in [5.74, 6) is 0.338. The molecule has 1 atom stereocenters. The van der Waals surface area contributed by atoms with E-state index in [9.17, 15) is 8.42 Å². The molecule has 0 saturated carbocycles. The molecule has 1 heterocycles. The summed E-state index contributed by atoms with van der Waals surface area (Å²) in [6, 6.07) is 5.12. The number of rotatable bonds is 4. The first-order valence-corrected chi connectivity index (χ1v) is 6.26. The molecule has 1 unspecified atom stereocenters. The van der Waals surface area contributed by atoms with Crippen LogP contribution in [0.4, 0.5) is 0 Å². The number of nitrogens with zero attached hydrogens (tertiary/aromatic N) is 1.